The minimum absolute atomic E-state index is 0.529. The van der Waals surface area contributed by atoms with Gasteiger partial charge in [-0.15, -0.1) is 0 Å². The molecule has 4 heteroatoms. The first-order valence-corrected chi connectivity index (χ1v) is 8.04. The zero-order valence-corrected chi connectivity index (χ0v) is 13.0. The van der Waals surface area contributed by atoms with E-state index in [2.05, 4.69) is 10.6 Å². The molecule has 4 nitrogen and oxygen atoms in total. The molecule has 0 aromatic heterocycles. The van der Waals surface area contributed by atoms with E-state index >= 15 is 0 Å². The molecule has 0 amide bonds. The number of anilines is 1. The molecule has 1 heterocycles. The number of methoxy groups -OCH3 is 2. The van der Waals surface area contributed by atoms with Crippen LogP contribution in [-0.2, 0) is 0 Å². The van der Waals surface area contributed by atoms with Crippen LogP contribution in [0.3, 0.4) is 0 Å². The fourth-order valence-corrected chi connectivity index (χ4v) is 3.85. The van der Waals surface area contributed by atoms with E-state index in [0.717, 1.165) is 23.1 Å². The fourth-order valence-electron chi connectivity index (χ4n) is 3.85. The lowest BCUT2D eigenvalue weighted by atomic mass is 9.93. The number of ether oxygens (including phenoxy) is 2. The molecule has 1 saturated carbocycles. The summed E-state index contributed by atoms with van der Waals surface area (Å²) in [6.45, 7) is 1.18. The van der Waals surface area contributed by atoms with Gasteiger partial charge in [0.2, 0.25) is 0 Å². The summed E-state index contributed by atoms with van der Waals surface area (Å²) < 4.78 is 10.8. The zero-order valence-electron chi connectivity index (χ0n) is 13.0. The Balaban J connectivity index is 1.75. The molecule has 116 valence electrons. The lowest BCUT2D eigenvalue weighted by molar-refractivity contribution is 0.373. The molecule has 2 fully saturated rings. The predicted molar refractivity (Wildman–Crippen MR) is 85.3 cm³/mol. The normalized spacial score (nSPS) is 28.6. The van der Waals surface area contributed by atoms with E-state index in [1.54, 1.807) is 14.2 Å². The van der Waals surface area contributed by atoms with E-state index < -0.39 is 0 Å². The lowest BCUT2D eigenvalue weighted by Gasteiger charge is -2.28. The van der Waals surface area contributed by atoms with Crippen molar-refractivity contribution in [3.05, 3.63) is 18.2 Å². The van der Waals surface area contributed by atoms with Gasteiger partial charge in [0, 0.05) is 18.2 Å². The Bertz CT molecular complexity index is 472. The van der Waals surface area contributed by atoms with Gasteiger partial charge in [0.1, 0.15) is 11.5 Å². The molecular formula is C17H26N2O2. The second-order valence-electron chi connectivity index (χ2n) is 6.11. The third-order valence-corrected chi connectivity index (χ3v) is 4.93. The average Bonchev–Trinajstić information content (AvgIpc) is 3.17. The van der Waals surface area contributed by atoms with Crippen LogP contribution in [0.5, 0.6) is 11.5 Å². The summed E-state index contributed by atoms with van der Waals surface area (Å²) in [6, 6.07) is 7.16. The first kappa shape index (κ1) is 14.5. The van der Waals surface area contributed by atoms with Crippen LogP contribution in [0.1, 0.15) is 32.1 Å². The first-order chi connectivity index (χ1) is 10.3. The molecule has 1 aliphatic carbocycles. The molecule has 0 spiro atoms. The second-order valence-corrected chi connectivity index (χ2v) is 6.11. The van der Waals surface area contributed by atoms with Crippen molar-refractivity contribution in [1.29, 1.82) is 0 Å². The van der Waals surface area contributed by atoms with Gasteiger partial charge in [0.15, 0.2) is 0 Å². The lowest BCUT2D eigenvalue weighted by Crippen LogP contribution is -2.38. The van der Waals surface area contributed by atoms with E-state index in [-0.39, 0.29) is 0 Å². The smallest absolute Gasteiger partial charge is 0.142 e. The van der Waals surface area contributed by atoms with Crippen LogP contribution in [0.4, 0.5) is 5.69 Å². The molecule has 2 N–H and O–H groups in total. The highest BCUT2D eigenvalue weighted by atomic mass is 16.5. The van der Waals surface area contributed by atoms with Crippen LogP contribution < -0.4 is 20.1 Å². The van der Waals surface area contributed by atoms with E-state index in [4.69, 9.17) is 9.47 Å². The summed E-state index contributed by atoms with van der Waals surface area (Å²) in [6.07, 6.45) is 6.51. The van der Waals surface area contributed by atoms with Gasteiger partial charge >= 0.3 is 0 Å². The topological polar surface area (TPSA) is 42.5 Å². The SMILES string of the molecule is COc1ccc(OC)c(NC2CCCC2C2CCCN2)c1. The summed E-state index contributed by atoms with van der Waals surface area (Å²) in [4.78, 5) is 0. The number of rotatable bonds is 5. The van der Waals surface area contributed by atoms with Crippen molar-refractivity contribution in [2.24, 2.45) is 5.92 Å². The Hall–Kier alpha value is -1.42. The third-order valence-electron chi connectivity index (χ3n) is 4.93. The van der Waals surface area contributed by atoms with Crippen molar-refractivity contribution >= 4 is 5.69 Å². The maximum Gasteiger partial charge on any atom is 0.142 e. The molecule has 1 saturated heterocycles. The highest BCUT2D eigenvalue weighted by molar-refractivity contribution is 5.60. The number of hydrogen-bond donors (Lipinski definition) is 2. The van der Waals surface area contributed by atoms with Crippen molar-refractivity contribution in [3.8, 4) is 11.5 Å². The molecule has 1 aromatic carbocycles. The fraction of sp³-hybridized carbons (Fsp3) is 0.647. The standard InChI is InChI=1S/C17H26N2O2/c1-20-12-8-9-17(21-2)16(11-12)19-15-6-3-5-13(15)14-7-4-10-18-14/h8-9,11,13-15,18-19H,3-7,10H2,1-2H3. The number of nitrogens with one attached hydrogen (secondary N) is 2. The maximum absolute atomic E-state index is 5.48. The van der Waals surface area contributed by atoms with Crippen molar-refractivity contribution < 1.29 is 9.47 Å². The molecule has 21 heavy (non-hydrogen) atoms. The minimum Gasteiger partial charge on any atom is -0.497 e. The van der Waals surface area contributed by atoms with Crippen LogP contribution in [0.2, 0.25) is 0 Å². The average molecular weight is 290 g/mol. The summed E-state index contributed by atoms with van der Waals surface area (Å²) in [5.41, 5.74) is 1.05. The summed E-state index contributed by atoms with van der Waals surface area (Å²) in [5.74, 6) is 2.48. The zero-order chi connectivity index (χ0) is 14.7. The molecule has 3 atom stereocenters. The van der Waals surface area contributed by atoms with Gasteiger partial charge in [-0.3, -0.25) is 0 Å². The van der Waals surface area contributed by atoms with E-state index in [0.29, 0.717) is 12.1 Å². The van der Waals surface area contributed by atoms with Gasteiger partial charge in [-0.25, -0.2) is 0 Å². The highest BCUT2D eigenvalue weighted by Gasteiger charge is 2.35. The number of hydrogen-bond acceptors (Lipinski definition) is 4. The Labute approximate surface area is 127 Å². The molecule has 3 unspecified atom stereocenters. The number of benzene rings is 1. The van der Waals surface area contributed by atoms with Crippen LogP contribution >= 0.6 is 0 Å². The Kier molecular flexibility index (Phi) is 4.54. The Morgan fingerprint density at radius 2 is 2.00 bits per heavy atom. The van der Waals surface area contributed by atoms with E-state index in [9.17, 15) is 0 Å². The molecule has 1 aliphatic heterocycles. The van der Waals surface area contributed by atoms with Gasteiger partial charge < -0.3 is 20.1 Å². The molecule has 1 aromatic rings. The largest absolute Gasteiger partial charge is 0.497 e. The van der Waals surface area contributed by atoms with Gasteiger partial charge in [0.25, 0.3) is 0 Å². The molecular weight excluding hydrogens is 264 g/mol. The molecule has 0 radical (unpaired) electrons. The van der Waals surface area contributed by atoms with Crippen LogP contribution in [0.15, 0.2) is 18.2 Å². The maximum atomic E-state index is 5.48. The van der Waals surface area contributed by atoms with E-state index in [1.807, 2.05) is 18.2 Å². The molecule has 3 rings (SSSR count). The quantitative estimate of drug-likeness (QED) is 0.875. The van der Waals surface area contributed by atoms with Crippen LogP contribution in [-0.4, -0.2) is 32.8 Å². The summed E-state index contributed by atoms with van der Waals surface area (Å²) in [7, 11) is 3.42. The van der Waals surface area contributed by atoms with Crippen molar-refractivity contribution in [2.45, 2.75) is 44.2 Å². The first-order valence-electron chi connectivity index (χ1n) is 8.04. The van der Waals surface area contributed by atoms with Gasteiger partial charge in [0.05, 0.1) is 19.9 Å². The molecule has 2 aliphatic rings. The van der Waals surface area contributed by atoms with Crippen molar-refractivity contribution in [1.82, 2.24) is 5.32 Å². The van der Waals surface area contributed by atoms with Crippen LogP contribution in [0, 0.1) is 5.92 Å². The van der Waals surface area contributed by atoms with Crippen LogP contribution in [0.25, 0.3) is 0 Å². The van der Waals surface area contributed by atoms with Gasteiger partial charge in [-0.05, 0) is 50.3 Å². The second kappa shape index (κ2) is 6.56. The third kappa shape index (κ3) is 3.10. The molecule has 0 bridgehead atoms. The monoisotopic (exact) mass is 290 g/mol. The van der Waals surface area contributed by atoms with Crippen molar-refractivity contribution in [2.75, 3.05) is 26.1 Å². The van der Waals surface area contributed by atoms with Gasteiger partial charge in [-0.1, -0.05) is 6.42 Å². The highest BCUT2D eigenvalue weighted by Crippen LogP contribution is 2.37. The van der Waals surface area contributed by atoms with Crippen molar-refractivity contribution in [3.63, 3.8) is 0 Å². The van der Waals surface area contributed by atoms with Gasteiger partial charge in [-0.2, -0.15) is 0 Å². The minimum atomic E-state index is 0.529. The van der Waals surface area contributed by atoms with E-state index in [1.165, 1.54) is 38.6 Å². The summed E-state index contributed by atoms with van der Waals surface area (Å²) >= 11 is 0. The Morgan fingerprint density at radius 1 is 1.10 bits per heavy atom. The Morgan fingerprint density at radius 3 is 2.71 bits per heavy atom. The predicted octanol–water partition coefficient (Wildman–Crippen LogP) is 3.04. The summed E-state index contributed by atoms with van der Waals surface area (Å²) in [5, 5.41) is 7.39.